The standard InChI is InChI=1S/C14H10N6O/c15-14-19-12-10(13(21)20-14)17-11(18-12)8-5-1-3-7-4-2-6-16-9(7)8/h1-6H,(H4,15,17,18,19,20,21). The second-order valence-electron chi connectivity index (χ2n) is 4.62. The van der Waals surface area contributed by atoms with Gasteiger partial charge in [0.05, 0.1) is 5.52 Å². The maximum absolute atomic E-state index is 11.8. The Balaban J connectivity index is 2.05. The lowest BCUT2D eigenvalue weighted by Gasteiger charge is -2.01. The predicted molar refractivity (Wildman–Crippen MR) is 79.7 cm³/mol. The van der Waals surface area contributed by atoms with E-state index in [-0.39, 0.29) is 11.5 Å². The van der Waals surface area contributed by atoms with Gasteiger partial charge in [-0.1, -0.05) is 18.2 Å². The molecule has 7 heteroatoms. The third-order valence-corrected chi connectivity index (χ3v) is 3.27. The van der Waals surface area contributed by atoms with Crippen molar-refractivity contribution in [3.8, 4) is 11.4 Å². The quantitative estimate of drug-likeness (QED) is 0.487. The van der Waals surface area contributed by atoms with Crippen LogP contribution in [0.15, 0.2) is 41.3 Å². The van der Waals surface area contributed by atoms with E-state index in [1.807, 2.05) is 30.3 Å². The number of pyridine rings is 1. The Morgan fingerprint density at radius 1 is 1.05 bits per heavy atom. The Kier molecular flexibility index (Phi) is 2.28. The zero-order valence-corrected chi connectivity index (χ0v) is 10.8. The summed E-state index contributed by atoms with van der Waals surface area (Å²) in [6.07, 6.45) is 1.72. The molecule has 4 aromatic rings. The molecule has 3 aromatic heterocycles. The molecule has 4 rings (SSSR count). The topological polar surface area (TPSA) is 113 Å². The molecule has 1 aromatic carbocycles. The van der Waals surface area contributed by atoms with Crippen molar-refractivity contribution >= 4 is 28.0 Å². The molecule has 0 amide bonds. The lowest BCUT2D eigenvalue weighted by Crippen LogP contribution is -2.10. The summed E-state index contributed by atoms with van der Waals surface area (Å²) in [5, 5.41) is 0.997. The van der Waals surface area contributed by atoms with E-state index in [9.17, 15) is 4.79 Å². The van der Waals surface area contributed by atoms with Gasteiger partial charge in [-0.05, 0) is 12.1 Å². The van der Waals surface area contributed by atoms with Crippen LogP contribution in [0.1, 0.15) is 0 Å². The number of hydrogen-bond acceptors (Lipinski definition) is 5. The minimum Gasteiger partial charge on any atom is -0.369 e. The Labute approximate surface area is 117 Å². The van der Waals surface area contributed by atoms with Crippen LogP contribution in [-0.4, -0.2) is 24.9 Å². The largest absolute Gasteiger partial charge is 0.369 e. The molecule has 4 N–H and O–H groups in total. The van der Waals surface area contributed by atoms with Gasteiger partial charge in [-0.25, -0.2) is 4.98 Å². The third-order valence-electron chi connectivity index (χ3n) is 3.27. The maximum Gasteiger partial charge on any atom is 0.278 e. The van der Waals surface area contributed by atoms with Crippen molar-refractivity contribution < 1.29 is 0 Å². The number of benzene rings is 1. The van der Waals surface area contributed by atoms with Gasteiger partial charge in [-0.2, -0.15) is 4.98 Å². The zero-order valence-electron chi connectivity index (χ0n) is 10.8. The molecule has 0 unspecified atom stereocenters. The van der Waals surface area contributed by atoms with Crippen molar-refractivity contribution in [1.82, 2.24) is 24.9 Å². The molecule has 3 heterocycles. The van der Waals surface area contributed by atoms with Gasteiger partial charge < -0.3 is 10.7 Å². The zero-order chi connectivity index (χ0) is 14.4. The number of nitrogens with zero attached hydrogens (tertiary/aromatic N) is 3. The van der Waals surface area contributed by atoms with E-state index in [0.717, 1.165) is 16.5 Å². The predicted octanol–water partition coefficient (Wildman–Crippen LogP) is 1.44. The summed E-state index contributed by atoms with van der Waals surface area (Å²) in [6, 6.07) is 9.62. The molecule has 0 saturated carbocycles. The Morgan fingerprint density at radius 2 is 1.90 bits per heavy atom. The Bertz CT molecular complexity index is 1030. The van der Waals surface area contributed by atoms with Crippen LogP contribution in [0.25, 0.3) is 33.5 Å². The van der Waals surface area contributed by atoms with Crippen LogP contribution < -0.4 is 11.3 Å². The summed E-state index contributed by atoms with van der Waals surface area (Å²) < 4.78 is 0. The van der Waals surface area contributed by atoms with E-state index < -0.39 is 0 Å². The van der Waals surface area contributed by atoms with E-state index in [4.69, 9.17) is 5.73 Å². The number of nitrogen functional groups attached to an aromatic ring is 1. The first-order valence-electron chi connectivity index (χ1n) is 6.32. The summed E-state index contributed by atoms with van der Waals surface area (Å²) in [5.41, 5.74) is 7.39. The lowest BCUT2D eigenvalue weighted by molar-refractivity contribution is 1.17. The number of hydrogen-bond donors (Lipinski definition) is 3. The van der Waals surface area contributed by atoms with Gasteiger partial charge in [-0.15, -0.1) is 0 Å². The van der Waals surface area contributed by atoms with Crippen molar-refractivity contribution in [2.75, 3.05) is 5.73 Å². The van der Waals surface area contributed by atoms with E-state index in [1.54, 1.807) is 6.20 Å². The van der Waals surface area contributed by atoms with E-state index in [2.05, 4.69) is 24.9 Å². The number of aromatic nitrogens is 5. The molecule has 102 valence electrons. The Hall–Kier alpha value is -3.22. The highest BCUT2D eigenvalue weighted by Gasteiger charge is 2.12. The number of H-pyrrole nitrogens is 2. The average Bonchev–Trinajstić information content (AvgIpc) is 2.90. The number of nitrogens with two attached hydrogens (primary N) is 1. The number of rotatable bonds is 1. The van der Waals surface area contributed by atoms with E-state index >= 15 is 0 Å². The normalized spacial score (nSPS) is 11.2. The average molecular weight is 278 g/mol. The van der Waals surface area contributed by atoms with Gasteiger partial charge in [0.25, 0.3) is 5.56 Å². The molecular formula is C14H10N6O. The highest BCUT2D eigenvalue weighted by atomic mass is 16.1. The number of para-hydroxylation sites is 1. The molecule has 0 spiro atoms. The SMILES string of the molecule is Nc1nc2nc(-c3cccc4cccnc34)[nH]c2c(=O)[nH]1. The molecule has 0 atom stereocenters. The molecule has 0 radical (unpaired) electrons. The van der Waals surface area contributed by atoms with Gasteiger partial charge in [0.2, 0.25) is 5.95 Å². The molecular weight excluding hydrogens is 268 g/mol. The molecule has 21 heavy (non-hydrogen) atoms. The fourth-order valence-corrected chi connectivity index (χ4v) is 2.35. The summed E-state index contributed by atoms with van der Waals surface area (Å²) in [7, 11) is 0. The second kappa shape index (κ2) is 4.14. The number of imidazole rings is 1. The Morgan fingerprint density at radius 3 is 2.81 bits per heavy atom. The van der Waals surface area contributed by atoms with Gasteiger partial charge in [0, 0.05) is 17.1 Å². The van der Waals surface area contributed by atoms with Crippen LogP contribution in [0.5, 0.6) is 0 Å². The van der Waals surface area contributed by atoms with Crippen LogP contribution in [-0.2, 0) is 0 Å². The molecule has 0 aliphatic carbocycles. The number of aromatic amines is 2. The first kappa shape index (κ1) is 11.6. The van der Waals surface area contributed by atoms with Crippen LogP contribution in [0.3, 0.4) is 0 Å². The van der Waals surface area contributed by atoms with Crippen LogP contribution in [0.4, 0.5) is 5.95 Å². The van der Waals surface area contributed by atoms with Gasteiger partial charge in [0.1, 0.15) is 5.82 Å². The summed E-state index contributed by atoms with van der Waals surface area (Å²) in [6.45, 7) is 0. The maximum atomic E-state index is 11.8. The van der Waals surface area contributed by atoms with Gasteiger partial charge >= 0.3 is 0 Å². The van der Waals surface area contributed by atoms with Crippen molar-refractivity contribution in [2.45, 2.75) is 0 Å². The number of anilines is 1. The smallest absolute Gasteiger partial charge is 0.278 e. The van der Waals surface area contributed by atoms with Crippen LogP contribution in [0, 0.1) is 0 Å². The van der Waals surface area contributed by atoms with Crippen LogP contribution >= 0.6 is 0 Å². The van der Waals surface area contributed by atoms with E-state index in [0.29, 0.717) is 17.0 Å². The van der Waals surface area contributed by atoms with E-state index in [1.165, 1.54) is 0 Å². The second-order valence-corrected chi connectivity index (χ2v) is 4.62. The fourth-order valence-electron chi connectivity index (χ4n) is 2.35. The van der Waals surface area contributed by atoms with Gasteiger partial charge in [0.15, 0.2) is 11.2 Å². The van der Waals surface area contributed by atoms with Crippen molar-refractivity contribution in [2.24, 2.45) is 0 Å². The molecule has 0 fully saturated rings. The number of nitrogens with one attached hydrogen (secondary N) is 2. The molecule has 0 saturated heterocycles. The summed E-state index contributed by atoms with van der Waals surface area (Å²) in [4.78, 5) is 30.0. The number of fused-ring (bicyclic) bond motifs is 2. The fraction of sp³-hybridized carbons (Fsp3) is 0. The van der Waals surface area contributed by atoms with Crippen LogP contribution in [0.2, 0.25) is 0 Å². The molecule has 0 aliphatic rings. The molecule has 0 aliphatic heterocycles. The first-order chi connectivity index (χ1) is 10.2. The summed E-state index contributed by atoms with van der Waals surface area (Å²) >= 11 is 0. The first-order valence-corrected chi connectivity index (χ1v) is 6.32. The third kappa shape index (κ3) is 1.75. The molecule has 7 nitrogen and oxygen atoms in total. The minimum atomic E-state index is -0.343. The van der Waals surface area contributed by atoms with Gasteiger partial charge in [-0.3, -0.25) is 14.8 Å². The lowest BCUT2D eigenvalue weighted by atomic mass is 10.1. The van der Waals surface area contributed by atoms with Crippen molar-refractivity contribution in [1.29, 1.82) is 0 Å². The monoisotopic (exact) mass is 278 g/mol. The highest BCUT2D eigenvalue weighted by Crippen LogP contribution is 2.25. The van der Waals surface area contributed by atoms with Crippen molar-refractivity contribution in [3.05, 3.63) is 46.9 Å². The minimum absolute atomic E-state index is 0.0431. The molecule has 0 bridgehead atoms. The highest BCUT2D eigenvalue weighted by molar-refractivity contribution is 5.93. The summed E-state index contributed by atoms with van der Waals surface area (Å²) in [5.74, 6) is 0.583. The van der Waals surface area contributed by atoms with Crippen molar-refractivity contribution in [3.63, 3.8) is 0 Å².